The largest absolute Gasteiger partial charge is 0.509 e. The lowest BCUT2D eigenvalue weighted by molar-refractivity contribution is -0.139. The van der Waals surface area contributed by atoms with Gasteiger partial charge in [-0.25, -0.2) is 0 Å². The van der Waals surface area contributed by atoms with Gasteiger partial charge in [-0.2, -0.15) is 5.26 Å². The molecule has 0 unspecified atom stereocenters. The zero-order chi connectivity index (χ0) is 27.9. The lowest BCUT2D eigenvalue weighted by Crippen LogP contribution is -2.80. The third-order valence-corrected chi connectivity index (χ3v) is 8.53. The summed E-state index contributed by atoms with van der Waals surface area (Å²) in [7, 11) is 2.96. The fourth-order valence-electron chi connectivity index (χ4n) is 6.73. The number of rotatable bonds is 3. The number of carbonyl (C=O) groups excluding carboxylic acids is 3. The first-order valence-electron chi connectivity index (χ1n) is 12.2. The van der Waals surface area contributed by atoms with E-state index in [4.69, 9.17) is 17.2 Å². The molecule has 5 rings (SSSR count). The molecule has 1 aromatic rings. The Morgan fingerprint density at radius 1 is 1.18 bits per heavy atom. The number of likely N-dealkylation sites (N-methyl/N-ethyl adjacent to an activating group) is 1. The maximum atomic E-state index is 14.3. The van der Waals surface area contributed by atoms with E-state index in [-0.39, 0.29) is 17.7 Å². The summed E-state index contributed by atoms with van der Waals surface area (Å²) in [5.41, 5.74) is 13.7. The van der Waals surface area contributed by atoms with E-state index >= 15 is 0 Å². The van der Waals surface area contributed by atoms with Gasteiger partial charge in [-0.1, -0.05) is 17.7 Å². The van der Waals surface area contributed by atoms with Crippen LogP contribution in [0.15, 0.2) is 34.6 Å². The van der Waals surface area contributed by atoms with Gasteiger partial charge in [-0.15, -0.1) is 0 Å². The second-order valence-electron chi connectivity index (χ2n) is 11.0. The van der Waals surface area contributed by atoms with Crippen LogP contribution in [0.4, 0.5) is 0 Å². The summed E-state index contributed by atoms with van der Waals surface area (Å²) in [5.74, 6) is -5.53. The molecule has 9 N–H and O–H groups in total. The van der Waals surface area contributed by atoms with E-state index < -0.39 is 69.1 Å². The van der Waals surface area contributed by atoms with E-state index in [2.05, 4.69) is 0 Å². The van der Waals surface area contributed by atoms with Crippen LogP contribution in [0.1, 0.15) is 42.4 Å². The Hall–Kier alpha value is -3.98. The molecule has 4 atom stereocenters. The molecule has 0 aliphatic heterocycles. The van der Waals surface area contributed by atoms with E-state index in [9.17, 15) is 35.0 Å². The summed E-state index contributed by atoms with van der Waals surface area (Å²) in [6, 6.07) is 3.43. The summed E-state index contributed by atoms with van der Waals surface area (Å²) < 4.78 is 0. The summed E-state index contributed by atoms with van der Waals surface area (Å²) in [5, 5.41) is 43.8. The highest BCUT2D eigenvalue weighted by atomic mass is 16.3. The van der Waals surface area contributed by atoms with Gasteiger partial charge in [0.1, 0.15) is 22.8 Å². The number of hydrogen-bond donors (Lipinski definition) is 6. The third-order valence-electron chi connectivity index (χ3n) is 8.53. The van der Waals surface area contributed by atoms with Gasteiger partial charge in [0.05, 0.1) is 34.3 Å². The summed E-state index contributed by atoms with van der Waals surface area (Å²) in [6.07, 6.45) is 4.43. The topological polar surface area (TPSA) is 217 Å². The SMILES string of the molecule is CN(C)[C@@H]1C(=O)C(C(N)=O)=C(O)[C@@]2(C#N)C(=O)C3=C(O)c4c(O)ccc(C=C5CCC5)c4C[C@@]3(N)C[C@@]12N. The minimum atomic E-state index is -2.66. The molecule has 2 saturated carbocycles. The summed E-state index contributed by atoms with van der Waals surface area (Å²) in [4.78, 5) is 41.3. The lowest BCUT2D eigenvalue weighted by Gasteiger charge is -2.58. The van der Waals surface area contributed by atoms with Crippen LogP contribution in [-0.4, -0.2) is 68.9 Å². The molecule has 4 aliphatic rings. The number of nitrogens with two attached hydrogens (primary N) is 3. The minimum Gasteiger partial charge on any atom is -0.509 e. The van der Waals surface area contributed by atoms with Crippen molar-refractivity contribution in [1.82, 2.24) is 4.90 Å². The van der Waals surface area contributed by atoms with Crippen LogP contribution in [0.2, 0.25) is 0 Å². The number of benzene rings is 1. The van der Waals surface area contributed by atoms with E-state index in [0.717, 1.165) is 19.3 Å². The Balaban J connectivity index is 1.84. The second kappa shape index (κ2) is 8.01. The molecular formula is C27H29N5O6. The number of nitriles is 1. The van der Waals surface area contributed by atoms with E-state index in [1.807, 2.05) is 6.08 Å². The van der Waals surface area contributed by atoms with E-state index in [1.165, 1.54) is 30.6 Å². The molecule has 2 fully saturated rings. The molecular weight excluding hydrogens is 490 g/mol. The Morgan fingerprint density at radius 3 is 2.37 bits per heavy atom. The zero-order valence-corrected chi connectivity index (χ0v) is 21.0. The number of aliphatic hydroxyl groups excluding tert-OH is 2. The van der Waals surface area contributed by atoms with Crippen molar-refractivity contribution in [2.24, 2.45) is 22.6 Å². The van der Waals surface area contributed by atoms with Gasteiger partial charge >= 0.3 is 0 Å². The molecule has 0 spiro atoms. The van der Waals surface area contributed by atoms with Crippen LogP contribution < -0.4 is 17.2 Å². The van der Waals surface area contributed by atoms with Crippen molar-refractivity contribution in [2.75, 3.05) is 14.1 Å². The molecule has 0 heterocycles. The number of Topliss-reactive ketones (excluding diaryl/α,β-unsaturated/α-hetero) is 2. The van der Waals surface area contributed by atoms with Gasteiger partial charge in [0, 0.05) is 0 Å². The van der Waals surface area contributed by atoms with Crippen molar-refractivity contribution in [2.45, 2.75) is 49.2 Å². The molecule has 198 valence electrons. The Labute approximate surface area is 218 Å². The highest BCUT2D eigenvalue weighted by Gasteiger charge is 2.74. The zero-order valence-electron chi connectivity index (χ0n) is 21.0. The molecule has 0 radical (unpaired) electrons. The predicted octanol–water partition coefficient (Wildman–Crippen LogP) is 0.473. The molecule has 1 aromatic carbocycles. The first-order chi connectivity index (χ1) is 17.7. The van der Waals surface area contributed by atoms with Gasteiger partial charge in [-0.05, 0) is 63.4 Å². The fourth-order valence-corrected chi connectivity index (χ4v) is 6.73. The smallest absolute Gasteiger partial charge is 0.255 e. The van der Waals surface area contributed by atoms with Crippen molar-refractivity contribution < 1.29 is 29.7 Å². The van der Waals surface area contributed by atoms with E-state index in [0.29, 0.717) is 11.1 Å². The number of amides is 1. The number of hydrogen-bond acceptors (Lipinski definition) is 10. The van der Waals surface area contributed by atoms with Gasteiger partial charge in [-0.3, -0.25) is 19.3 Å². The van der Waals surface area contributed by atoms with Gasteiger partial charge in [0.25, 0.3) is 5.91 Å². The first kappa shape index (κ1) is 25.7. The number of phenols is 1. The van der Waals surface area contributed by atoms with Gasteiger partial charge in [0.2, 0.25) is 0 Å². The van der Waals surface area contributed by atoms with Crippen molar-refractivity contribution in [3.63, 3.8) is 0 Å². The average molecular weight is 520 g/mol. The standard InChI is InChI=1S/C27H29N5O6/c1-32(2)21-20(35)17(24(29)38)22(36)26(11-28)23(37)18-19(34)16-14(9-25(18,30)10-27(21,26)31)13(6-7-15(16)33)8-12-4-3-5-12/h6-8,21,33-34,36H,3-5,9-10,30-31H2,1-2H3,(H2,29,38)/t21-,25-,26+,27-/m1/s1. The number of primary amides is 1. The number of phenolic OH excluding ortho intramolecular Hbond substituents is 1. The molecule has 0 bridgehead atoms. The Bertz CT molecular complexity index is 1480. The highest BCUT2D eigenvalue weighted by Crippen LogP contribution is 2.58. The number of aromatic hydroxyl groups is 1. The molecule has 11 heteroatoms. The Morgan fingerprint density at radius 2 is 1.84 bits per heavy atom. The van der Waals surface area contributed by atoms with Gasteiger partial charge in [0.15, 0.2) is 17.0 Å². The maximum absolute atomic E-state index is 14.3. The van der Waals surface area contributed by atoms with Crippen LogP contribution in [-0.2, 0) is 20.8 Å². The molecule has 0 aromatic heterocycles. The molecule has 1 amide bonds. The van der Waals surface area contributed by atoms with Gasteiger partial charge < -0.3 is 32.5 Å². The monoisotopic (exact) mass is 519 g/mol. The number of ketones is 2. The second-order valence-corrected chi connectivity index (χ2v) is 11.0. The van der Waals surface area contributed by atoms with Crippen LogP contribution in [0.25, 0.3) is 11.8 Å². The van der Waals surface area contributed by atoms with Crippen molar-refractivity contribution in [3.8, 4) is 11.8 Å². The van der Waals surface area contributed by atoms with Crippen molar-refractivity contribution in [1.29, 1.82) is 5.26 Å². The lowest BCUT2D eigenvalue weighted by atomic mass is 9.47. The highest BCUT2D eigenvalue weighted by molar-refractivity contribution is 6.25. The van der Waals surface area contributed by atoms with Crippen LogP contribution in [0.5, 0.6) is 5.75 Å². The van der Waals surface area contributed by atoms with E-state index in [1.54, 1.807) is 12.1 Å². The van der Waals surface area contributed by atoms with Crippen LogP contribution >= 0.6 is 0 Å². The fraction of sp³-hybridized carbons (Fsp3) is 0.407. The minimum absolute atomic E-state index is 0.00431. The number of carbonyl (C=O) groups is 3. The quantitative estimate of drug-likeness (QED) is 0.303. The Kier molecular flexibility index (Phi) is 5.41. The number of nitrogens with zero attached hydrogens (tertiary/aromatic N) is 2. The first-order valence-corrected chi connectivity index (χ1v) is 12.2. The van der Waals surface area contributed by atoms with Crippen molar-refractivity contribution in [3.05, 3.63) is 51.3 Å². The van der Waals surface area contributed by atoms with Crippen molar-refractivity contribution >= 4 is 29.3 Å². The number of allylic oxidation sites excluding steroid dienone is 1. The predicted molar refractivity (Wildman–Crippen MR) is 136 cm³/mol. The number of aliphatic hydroxyl groups is 2. The normalized spacial score (nSPS) is 32.3. The maximum Gasteiger partial charge on any atom is 0.255 e. The third kappa shape index (κ3) is 2.96. The van der Waals surface area contributed by atoms with Crippen LogP contribution in [0.3, 0.4) is 0 Å². The molecule has 38 heavy (non-hydrogen) atoms. The average Bonchev–Trinajstić information content (AvgIpc) is 2.76. The number of fused-ring (bicyclic) bond motifs is 3. The molecule has 0 saturated heterocycles. The molecule has 4 aliphatic carbocycles. The molecule has 11 nitrogen and oxygen atoms in total. The summed E-state index contributed by atoms with van der Waals surface area (Å²) in [6.45, 7) is 0. The summed E-state index contributed by atoms with van der Waals surface area (Å²) >= 11 is 0. The van der Waals surface area contributed by atoms with Crippen LogP contribution in [0, 0.1) is 16.7 Å².